The second-order valence-corrected chi connectivity index (χ2v) is 3.86. The second kappa shape index (κ2) is 9.01. The molecule has 0 aromatic carbocycles. The molecule has 0 aromatic heterocycles. The predicted octanol–water partition coefficient (Wildman–Crippen LogP) is 3.84. The first-order chi connectivity index (χ1) is 6.70. The molecule has 0 atom stereocenters. The van der Waals surface area contributed by atoms with E-state index in [1.807, 2.05) is 0 Å². The third-order valence-corrected chi connectivity index (χ3v) is 2.45. The summed E-state index contributed by atoms with van der Waals surface area (Å²) >= 11 is 0. The van der Waals surface area contributed by atoms with Crippen LogP contribution >= 0.6 is 0 Å². The molecular weight excluding hydrogens is 172 g/mol. The lowest BCUT2D eigenvalue weighted by molar-refractivity contribution is 0.302. The van der Waals surface area contributed by atoms with Gasteiger partial charge in [0.05, 0.1) is 0 Å². The maximum atomic E-state index is 8.64. The highest BCUT2D eigenvalue weighted by atomic mass is 16.2. The number of aliphatic hydroxyl groups excluding tert-OH is 1. The van der Waals surface area contributed by atoms with E-state index in [2.05, 4.69) is 32.9 Å². The van der Waals surface area contributed by atoms with Gasteiger partial charge >= 0.3 is 0 Å². The fraction of sp³-hybridized carbons (Fsp3) is 0.692. The quantitative estimate of drug-likeness (QED) is 0.484. The minimum atomic E-state index is 0.270. The second-order valence-electron chi connectivity index (χ2n) is 3.86. The van der Waals surface area contributed by atoms with Crippen molar-refractivity contribution in [3.8, 4) is 0 Å². The summed E-state index contributed by atoms with van der Waals surface area (Å²) in [6, 6.07) is 0. The Kier molecular flexibility index (Phi) is 8.65. The van der Waals surface area contributed by atoms with Gasteiger partial charge in [0.25, 0.3) is 0 Å². The number of hydrogen-bond donors (Lipinski definition) is 1. The molecule has 0 unspecified atom stereocenters. The van der Waals surface area contributed by atoms with Gasteiger partial charge in [-0.2, -0.15) is 0 Å². The average Bonchev–Trinajstić information content (AvgIpc) is 2.21. The van der Waals surface area contributed by atoms with Crippen molar-refractivity contribution < 1.29 is 5.11 Å². The molecule has 0 aliphatic carbocycles. The van der Waals surface area contributed by atoms with Crippen LogP contribution < -0.4 is 0 Å². The van der Waals surface area contributed by atoms with Gasteiger partial charge in [0.15, 0.2) is 0 Å². The van der Waals surface area contributed by atoms with Gasteiger partial charge in [-0.1, -0.05) is 30.2 Å². The Morgan fingerprint density at radius 1 is 1.07 bits per heavy atom. The lowest BCUT2D eigenvalue weighted by atomic mass is 10.1. The third kappa shape index (κ3) is 8.06. The van der Waals surface area contributed by atoms with Crippen LogP contribution in [0.4, 0.5) is 0 Å². The first kappa shape index (κ1) is 13.4. The lowest BCUT2D eigenvalue weighted by Gasteiger charge is -2.00. The molecule has 1 nitrogen and oxygen atoms in total. The summed E-state index contributed by atoms with van der Waals surface area (Å²) < 4.78 is 0. The van der Waals surface area contributed by atoms with Crippen LogP contribution in [0.1, 0.15) is 52.9 Å². The van der Waals surface area contributed by atoms with Gasteiger partial charge in [-0.05, 0) is 46.0 Å². The summed E-state index contributed by atoms with van der Waals surface area (Å²) in [5.74, 6) is 0. The van der Waals surface area contributed by atoms with Crippen molar-refractivity contribution in [1.82, 2.24) is 0 Å². The highest BCUT2D eigenvalue weighted by Gasteiger charge is 1.90. The van der Waals surface area contributed by atoms with Crippen molar-refractivity contribution in [2.45, 2.75) is 52.9 Å². The van der Waals surface area contributed by atoms with Gasteiger partial charge in [-0.25, -0.2) is 0 Å². The summed E-state index contributed by atoms with van der Waals surface area (Å²) in [5, 5.41) is 8.64. The molecule has 0 aromatic rings. The van der Waals surface area contributed by atoms with Gasteiger partial charge in [0.2, 0.25) is 0 Å². The number of allylic oxidation sites excluding steroid dienone is 3. The van der Waals surface area contributed by atoms with Crippen molar-refractivity contribution in [2.75, 3.05) is 6.61 Å². The maximum absolute atomic E-state index is 8.64. The maximum Gasteiger partial charge on any atom is 0.0465 e. The summed E-state index contributed by atoms with van der Waals surface area (Å²) in [6.45, 7) is 6.80. The third-order valence-electron chi connectivity index (χ3n) is 2.45. The molecule has 0 saturated carbocycles. The van der Waals surface area contributed by atoms with Crippen LogP contribution in [-0.4, -0.2) is 11.7 Å². The molecule has 0 rings (SSSR count). The highest BCUT2D eigenvalue weighted by molar-refractivity contribution is 5.00. The average molecular weight is 196 g/mol. The van der Waals surface area contributed by atoms with Crippen LogP contribution in [-0.2, 0) is 0 Å². The van der Waals surface area contributed by atoms with Crippen LogP contribution in [0, 0.1) is 0 Å². The number of hydrogen-bond acceptors (Lipinski definition) is 1. The highest BCUT2D eigenvalue weighted by Crippen LogP contribution is 2.09. The van der Waals surface area contributed by atoms with Gasteiger partial charge in [0.1, 0.15) is 0 Å². The van der Waals surface area contributed by atoms with E-state index in [-0.39, 0.29) is 6.61 Å². The van der Waals surface area contributed by atoms with Crippen LogP contribution in [0.5, 0.6) is 0 Å². The lowest BCUT2D eigenvalue weighted by Crippen LogP contribution is -1.82. The van der Waals surface area contributed by atoms with Gasteiger partial charge in [-0.3, -0.25) is 0 Å². The van der Waals surface area contributed by atoms with E-state index in [0.29, 0.717) is 0 Å². The van der Waals surface area contributed by atoms with Crippen LogP contribution in [0.25, 0.3) is 0 Å². The van der Waals surface area contributed by atoms with Crippen LogP contribution in [0.15, 0.2) is 23.3 Å². The first-order valence-corrected chi connectivity index (χ1v) is 5.62. The van der Waals surface area contributed by atoms with E-state index in [4.69, 9.17) is 5.11 Å². The summed E-state index contributed by atoms with van der Waals surface area (Å²) in [4.78, 5) is 0. The smallest absolute Gasteiger partial charge is 0.0465 e. The fourth-order valence-electron chi connectivity index (χ4n) is 1.29. The largest absolute Gasteiger partial charge is 0.396 e. The molecule has 14 heavy (non-hydrogen) atoms. The first-order valence-electron chi connectivity index (χ1n) is 5.62. The molecule has 0 bridgehead atoms. The van der Waals surface area contributed by atoms with Crippen molar-refractivity contribution in [1.29, 1.82) is 0 Å². The van der Waals surface area contributed by atoms with E-state index < -0.39 is 0 Å². The zero-order valence-corrected chi connectivity index (χ0v) is 9.84. The number of unbranched alkanes of at least 4 members (excludes halogenated alkanes) is 1. The molecule has 1 N–H and O–H groups in total. The minimum Gasteiger partial charge on any atom is -0.396 e. The van der Waals surface area contributed by atoms with E-state index in [1.165, 1.54) is 30.4 Å². The Bertz CT molecular complexity index is 189. The van der Waals surface area contributed by atoms with Crippen molar-refractivity contribution in [3.63, 3.8) is 0 Å². The molecule has 1 heteroatoms. The van der Waals surface area contributed by atoms with Gasteiger partial charge < -0.3 is 5.11 Å². The molecule has 0 heterocycles. The molecular formula is C13H24O. The van der Waals surface area contributed by atoms with Gasteiger partial charge in [0, 0.05) is 6.61 Å². The van der Waals surface area contributed by atoms with Crippen LogP contribution in [0.3, 0.4) is 0 Å². The summed E-state index contributed by atoms with van der Waals surface area (Å²) in [6.07, 6.45) is 10.0. The fourth-order valence-corrected chi connectivity index (χ4v) is 1.29. The molecule has 82 valence electrons. The summed E-state index contributed by atoms with van der Waals surface area (Å²) in [5.41, 5.74) is 2.89. The number of aliphatic hydroxyl groups is 1. The molecule has 0 radical (unpaired) electrons. The normalized spacial score (nSPS) is 13.4. The topological polar surface area (TPSA) is 20.2 Å². The zero-order valence-electron chi connectivity index (χ0n) is 9.84. The summed E-state index contributed by atoms with van der Waals surface area (Å²) in [7, 11) is 0. The molecule has 0 aliphatic heterocycles. The van der Waals surface area contributed by atoms with Crippen molar-refractivity contribution in [2.24, 2.45) is 0 Å². The molecule has 0 spiro atoms. The Hall–Kier alpha value is -0.560. The molecule has 0 saturated heterocycles. The van der Waals surface area contributed by atoms with E-state index in [0.717, 1.165) is 12.8 Å². The molecule has 0 amide bonds. The molecule has 0 aliphatic rings. The SMILES string of the molecule is CCC(C)=CCCCC(C)=CCCO. The van der Waals surface area contributed by atoms with Crippen LogP contribution in [0.2, 0.25) is 0 Å². The van der Waals surface area contributed by atoms with E-state index in [9.17, 15) is 0 Å². The standard InChI is InChI=1S/C13H24O/c1-4-12(2)8-5-6-9-13(3)10-7-11-14/h8,10,14H,4-7,9,11H2,1-3H3. The zero-order chi connectivity index (χ0) is 10.8. The Morgan fingerprint density at radius 2 is 1.71 bits per heavy atom. The van der Waals surface area contributed by atoms with Crippen molar-refractivity contribution >= 4 is 0 Å². The Morgan fingerprint density at radius 3 is 2.29 bits per heavy atom. The Balaban J connectivity index is 3.54. The number of rotatable bonds is 7. The van der Waals surface area contributed by atoms with E-state index >= 15 is 0 Å². The van der Waals surface area contributed by atoms with E-state index in [1.54, 1.807) is 0 Å². The minimum absolute atomic E-state index is 0.270. The monoisotopic (exact) mass is 196 g/mol. The Labute approximate surface area is 88.5 Å². The van der Waals surface area contributed by atoms with Crippen molar-refractivity contribution in [3.05, 3.63) is 23.3 Å². The van der Waals surface area contributed by atoms with Gasteiger partial charge in [-0.15, -0.1) is 0 Å². The molecule has 0 fully saturated rings. The predicted molar refractivity (Wildman–Crippen MR) is 63.4 cm³/mol.